The van der Waals surface area contributed by atoms with Crippen LogP contribution in [-0.4, -0.2) is 26.6 Å². The summed E-state index contributed by atoms with van der Waals surface area (Å²) in [6, 6.07) is 15.2. The van der Waals surface area contributed by atoms with E-state index in [1.807, 2.05) is 41.9 Å². The summed E-state index contributed by atoms with van der Waals surface area (Å²) >= 11 is 0. The lowest BCUT2D eigenvalue weighted by atomic mass is 9.87. The van der Waals surface area contributed by atoms with Crippen molar-refractivity contribution in [2.75, 3.05) is 0 Å². The summed E-state index contributed by atoms with van der Waals surface area (Å²) < 4.78 is 15.4. The number of urea groups is 1. The molecule has 2 aliphatic rings. The van der Waals surface area contributed by atoms with E-state index >= 15 is 0 Å². The molecule has 1 aliphatic heterocycles. The van der Waals surface area contributed by atoms with Crippen LogP contribution in [0, 0.1) is 5.82 Å². The van der Waals surface area contributed by atoms with Crippen molar-refractivity contribution in [2.24, 2.45) is 0 Å². The van der Waals surface area contributed by atoms with Crippen molar-refractivity contribution in [3.63, 3.8) is 0 Å². The topological polar surface area (TPSA) is 67.2 Å². The van der Waals surface area contributed by atoms with E-state index in [1.54, 1.807) is 12.1 Å². The third kappa shape index (κ3) is 3.03. The fourth-order valence-electron chi connectivity index (χ4n) is 4.72. The molecule has 1 saturated heterocycles. The number of para-hydroxylation sites is 1. The average Bonchev–Trinajstić information content (AvgIpc) is 3.45. The van der Waals surface area contributed by atoms with E-state index in [1.165, 1.54) is 17.0 Å². The van der Waals surface area contributed by atoms with Gasteiger partial charge in [0, 0.05) is 5.69 Å². The van der Waals surface area contributed by atoms with E-state index < -0.39 is 11.6 Å². The number of carbonyl (C=O) groups excluding carboxylic acids is 2. The van der Waals surface area contributed by atoms with Gasteiger partial charge in [0.05, 0.1) is 17.9 Å². The van der Waals surface area contributed by atoms with E-state index in [9.17, 15) is 14.0 Å². The Morgan fingerprint density at radius 3 is 2.52 bits per heavy atom. The minimum Gasteiger partial charge on any atom is -0.319 e. The molecule has 1 atom stereocenters. The van der Waals surface area contributed by atoms with E-state index in [2.05, 4.69) is 5.32 Å². The molecule has 0 bridgehead atoms. The van der Waals surface area contributed by atoms with Crippen molar-refractivity contribution in [1.29, 1.82) is 0 Å². The molecule has 31 heavy (non-hydrogen) atoms. The first-order valence-electron chi connectivity index (χ1n) is 10.6. The van der Waals surface area contributed by atoms with Crippen LogP contribution in [0.5, 0.6) is 0 Å². The van der Waals surface area contributed by atoms with E-state index in [4.69, 9.17) is 5.10 Å². The highest BCUT2D eigenvalue weighted by Gasteiger charge is 2.51. The largest absolute Gasteiger partial charge is 0.325 e. The smallest absolute Gasteiger partial charge is 0.319 e. The van der Waals surface area contributed by atoms with Crippen molar-refractivity contribution in [1.82, 2.24) is 20.0 Å². The summed E-state index contributed by atoms with van der Waals surface area (Å²) in [7, 11) is 0. The van der Waals surface area contributed by atoms with Gasteiger partial charge in [0.1, 0.15) is 11.4 Å². The van der Waals surface area contributed by atoms with Gasteiger partial charge in [-0.1, -0.05) is 37.3 Å². The van der Waals surface area contributed by atoms with Gasteiger partial charge in [-0.15, -0.1) is 0 Å². The average molecular weight is 418 g/mol. The van der Waals surface area contributed by atoms with Crippen LogP contribution in [0.25, 0.3) is 5.69 Å². The summed E-state index contributed by atoms with van der Waals surface area (Å²) in [5.74, 6) is -0.710. The maximum Gasteiger partial charge on any atom is 0.325 e. The quantitative estimate of drug-likeness (QED) is 0.640. The SMILES string of the molecule is CCC1(c2ccc(F)cc2)NC(=O)N(Cc2nn(-c3ccccc3)c3c2CCC3)C1=O. The second kappa shape index (κ2) is 7.34. The van der Waals surface area contributed by atoms with Crippen molar-refractivity contribution in [3.05, 3.63) is 82.9 Å². The van der Waals surface area contributed by atoms with Crippen LogP contribution in [0.2, 0.25) is 0 Å². The Labute approximate surface area is 179 Å². The standard InChI is InChI=1S/C24H23FN4O2/c1-2-24(16-11-13-17(25)14-12-16)22(30)28(23(31)26-24)15-20-19-9-6-10-21(19)29(27-20)18-7-4-3-5-8-18/h3-5,7-8,11-14H,2,6,9-10,15H2,1H3,(H,26,31). The maximum absolute atomic E-state index is 13.4. The highest BCUT2D eigenvalue weighted by atomic mass is 19.1. The van der Waals surface area contributed by atoms with Gasteiger partial charge >= 0.3 is 6.03 Å². The molecule has 1 fully saturated rings. The number of benzene rings is 2. The van der Waals surface area contributed by atoms with Gasteiger partial charge in [0.2, 0.25) is 0 Å². The van der Waals surface area contributed by atoms with E-state index in [0.29, 0.717) is 12.0 Å². The predicted octanol–water partition coefficient (Wildman–Crippen LogP) is 3.86. The number of hydrogen-bond donors (Lipinski definition) is 1. The van der Waals surface area contributed by atoms with Gasteiger partial charge in [-0.25, -0.2) is 13.9 Å². The lowest BCUT2D eigenvalue weighted by Crippen LogP contribution is -2.43. The van der Waals surface area contributed by atoms with Crippen LogP contribution in [0.1, 0.15) is 42.3 Å². The molecule has 1 N–H and O–H groups in total. The summed E-state index contributed by atoms with van der Waals surface area (Å²) in [5, 5.41) is 7.65. The second-order valence-electron chi connectivity index (χ2n) is 8.06. The van der Waals surface area contributed by atoms with Gasteiger partial charge in [-0.2, -0.15) is 5.10 Å². The highest BCUT2D eigenvalue weighted by molar-refractivity contribution is 6.07. The number of imide groups is 1. The lowest BCUT2D eigenvalue weighted by molar-refractivity contribution is -0.132. The number of fused-ring (bicyclic) bond motifs is 1. The van der Waals surface area contributed by atoms with E-state index in [0.717, 1.165) is 41.9 Å². The molecule has 6 nitrogen and oxygen atoms in total. The van der Waals surface area contributed by atoms with Gasteiger partial charge in [-0.05, 0) is 61.1 Å². The zero-order valence-electron chi connectivity index (χ0n) is 17.3. The Morgan fingerprint density at radius 2 is 1.81 bits per heavy atom. The summed E-state index contributed by atoms with van der Waals surface area (Å²) in [6.45, 7) is 1.96. The minimum atomic E-state index is -1.18. The summed E-state index contributed by atoms with van der Waals surface area (Å²) in [6.07, 6.45) is 3.21. The zero-order chi connectivity index (χ0) is 21.6. The van der Waals surface area contributed by atoms with Crippen LogP contribution >= 0.6 is 0 Å². The Hall–Kier alpha value is -3.48. The Kier molecular flexibility index (Phi) is 4.61. The summed E-state index contributed by atoms with van der Waals surface area (Å²) in [5.41, 5.74) is 3.39. The Bertz CT molecular complexity index is 1160. The molecule has 5 rings (SSSR count). The lowest BCUT2D eigenvalue weighted by Gasteiger charge is -2.25. The third-order valence-corrected chi connectivity index (χ3v) is 6.37. The van der Waals surface area contributed by atoms with Gasteiger partial charge in [0.15, 0.2) is 0 Å². The number of amides is 3. The molecule has 1 aliphatic carbocycles. The number of rotatable bonds is 5. The van der Waals surface area contributed by atoms with Crippen LogP contribution < -0.4 is 5.32 Å². The van der Waals surface area contributed by atoms with Crippen LogP contribution in [0.15, 0.2) is 54.6 Å². The highest BCUT2D eigenvalue weighted by Crippen LogP contribution is 2.35. The van der Waals surface area contributed by atoms with Crippen LogP contribution in [0.3, 0.4) is 0 Å². The monoisotopic (exact) mass is 418 g/mol. The molecule has 158 valence electrons. The Balaban J connectivity index is 1.49. The molecular formula is C24H23FN4O2. The molecular weight excluding hydrogens is 395 g/mol. The molecule has 1 aromatic heterocycles. The van der Waals surface area contributed by atoms with E-state index in [-0.39, 0.29) is 18.3 Å². The molecule has 2 aromatic carbocycles. The molecule has 0 spiro atoms. The number of nitrogens with zero attached hydrogens (tertiary/aromatic N) is 3. The molecule has 7 heteroatoms. The Morgan fingerprint density at radius 1 is 1.06 bits per heavy atom. The third-order valence-electron chi connectivity index (χ3n) is 6.37. The number of halogens is 1. The zero-order valence-corrected chi connectivity index (χ0v) is 17.3. The molecule has 1 unspecified atom stereocenters. The first-order chi connectivity index (χ1) is 15.0. The van der Waals surface area contributed by atoms with Gasteiger partial charge in [-0.3, -0.25) is 9.69 Å². The normalized spacial score (nSPS) is 20.3. The number of nitrogens with one attached hydrogen (secondary N) is 1. The molecule has 3 amide bonds. The number of carbonyl (C=O) groups is 2. The van der Waals surface area contributed by atoms with Crippen molar-refractivity contribution in [3.8, 4) is 5.69 Å². The van der Waals surface area contributed by atoms with Crippen molar-refractivity contribution < 1.29 is 14.0 Å². The first-order valence-corrected chi connectivity index (χ1v) is 10.6. The second-order valence-corrected chi connectivity index (χ2v) is 8.06. The minimum absolute atomic E-state index is 0.121. The predicted molar refractivity (Wildman–Crippen MR) is 113 cm³/mol. The first kappa shape index (κ1) is 19.5. The van der Waals surface area contributed by atoms with Crippen molar-refractivity contribution >= 4 is 11.9 Å². The van der Waals surface area contributed by atoms with Crippen molar-refractivity contribution in [2.45, 2.75) is 44.7 Å². The van der Waals surface area contributed by atoms with Crippen LogP contribution in [0.4, 0.5) is 9.18 Å². The fraction of sp³-hybridized carbons (Fsp3) is 0.292. The molecule has 0 saturated carbocycles. The molecule has 3 aromatic rings. The molecule has 0 radical (unpaired) electrons. The van der Waals surface area contributed by atoms with Crippen LogP contribution in [-0.2, 0) is 29.7 Å². The van der Waals surface area contributed by atoms with Gasteiger partial charge < -0.3 is 5.32 Å². The van der Waals surface area contributed by atoms with Gasteiger partial charge in [0.25, 0.3) is 5.91 Å². The maximum atomic E-state index is 13.4. The fourth-order valence-corrected chi connectivity index (χ4v) is 4.72. The summed E-state index contributed by atoms with van der Waals surface area (Å²) in [4.78, 5) is 27.6. The number of aromatic nitrogens is 2. The molecule has 2 heterocycles. The number of hydrogen-bond acceptors (Lipinski definition) is 3.